The molecule has 0 aliphatic heterocycles. The maximum Gasteiger partial charge on any atom is 0.0878 e. The molecule has 3 nitrogen and oxygen atoms in total. The Hall–Kier alpha value is -1.51. The molecule has 1 aliphatic carbocycles. The molecule has 2 aromatic rings. The van der Waals surface area contributed by atoms with Crippen LogP contribution in [0.25, 0.3) is 5.52 Å². The molecule has 90 valence electrons. The van der Waals surface area contributed by atoms with Crippen molar-refractivity contribution in [3.63, 3.8) is 0 Å². The highest BCUT2D eigenvalue weighted by atomic mass is 15.2. The molecule has 0 spiro atoms. The lowest BCUT2D eigenvalue weighted by Crippen LogP contribution is -2.18. The number of aromatic nitrogens is 2. The topological polar surface area (TPSA) is 29.3 Å². The van der Waals surface area contributed by atoms with E-state index in [0.717, 1.165) is 0 Å². The molecular formula is C14H19N3. The highest BCUT2D eigenvalue weighted by Crippen LogP contribution is 2.23. The number of fused-ring (bicyclic) bond motifs is 1. The second kappa shape index (κ2) is 4.78. The van der Waals surface area contributed by atoms with E-state index in [1.54, 1.807) is 0 Å². The van der Waals surface area contributed by atoms with Crippen molar-refractivity contribution < 1.29 is 0 Å². The molecule has 3 heteroatoms. The monoisotopic (exact) mass is 229 g/mol. The zero-order valence-electron chi connectivity index (χ0n) is 10.1. The van der Waals surface area contributed by atoms with Gasteiger partial charge in [0.1, 0.15) is 0 Å². The van der Waals surface area contributed by atoms with Gasteiger partial charge in [0.15, 0.2) is 0 Å². The number of anilines is 1. The van der Waals surface area contributed by atoms with Crippen molar-refractivity contribution in [1.29, 1.82) is 0 Å². The van der Waals surface area contributed by atoms with Crippen molar-refractivity contribution in [1.82, 2.24) is 9.61 Å². The molecule has 3 rings (SSSR count). The molecule has 2 heterocycles. The van der Waals surface area contributed by atoms with Crippen LogP contribution in [0.1, 0.15) is 38.5 Å². The SMILES string of the molecule is c1cc2c(NC3CCCCCC3)ccnn2c1. The minimum absolute atomic E-state index is 0.638. The Labute approximate surface area is 102 Å². The first-order valence-corrected chi connectivity index (χ1v) is 6.62. The molecule has 1 aliphatic rings. The summed E-state index contributed by atoms with van der Waals surface area (Å²) in [5.41, 5.74) is 2.40. The van der Waals surface area contributed by atoms with Crippen molar-refractivity contribution in [2.24, 2.45) is 0 Å². The van der Waals surface area contributed by atoms with Gasteiger partial charge < -0.3 is 5.32 Å². The van der Waals surface area contributed by atoms with E-state index in [1.165, 1.54) is 49.7 Å². The van der Waals surface area contributed by atoms with Crippen LogP contribution in [-0.2, 0) is 0 Å². The van der Waals surface area contributed by atoms with E-state index in [9.17, 15) is 0 Å². The van der Waals surface area contributed by atoms with Crippen molar-refractivity contribution in [2.45, 2.75) is 44.6 Å². The molecule has 1 fully saturated rings. The smallest absolute Gasteiger partial charge is 0.0878 e. The summed E-state index contributed by atoms with van der Waals surface area (Å²) in [5, 5.41) is 7.98. The first kappa shape index (κ1) is 10.6. The Kier molecular flexibility index (Phi) is 2.99. The summed E-state index contributed by atoms with van der Waals surface area (Å²) in [7, 11) is 0. The Morgan fingerprint density at radius 3 is 2.76 bits per heavy atom. The van der Waals surface area contributed by atoms with Gasteiger partial charge in [-0.25, -0.2) is 4.52 Å². The Morgan fingerprint density at radius 1 is 1.12 bits per heavy atom. The van der Waals surface area contributed by atoms with E-state index in [2.05, 4.69) is 22.5 Å². The van der Waals surface area contributed by atoms with E-state index in [0.29, 0.717) is 6.04 Å². The summed E-state index contributed by atoms with van der Waals surface area (Å²) in [6, 6.07) is 6.88. The molecule has 0 atom stereocenters. The Bertz CT molecular complexity index is 481. The van der Waals surface area contributed by atoms with Gasteiger partial charge in [-0.2, -0.15) is 5.10 Å². The quantitative estimate of drug-likeness (QED) is 0.799. The van der Waals surface area contributed by atoms with Gasteiger partial charge in [0, 0.05) is 18.4 Å². The van der Waals surface area contributed by atoms with Gasteiger partial charge in [-0.3, -0.25) is 0 Å². The van der Waals surface area contributed by atoms with Crippen LogP contribution >= 0.6 is 0 Å². The molecule has 0 bridgehead atoms. The number of nitrogens with zero attached hydrogens (tertiary/aromatic N) is 2. The standard InChI is InChI=1S/C14H19N3/c1-2-4-7-12(6-3-1)16-13-9-10-15-17-11-5-8-14(13)17/h5,8-12,16H,1-4,6-7H2. The van der Waals surface area contributed by atoms with E-state index in [1.807, 2.05) is 23.0 Å². The summed E-state index contributed by atoms with van der Waals surface area (Å²) in [4.78, 5) is 0. The van der Waals surface area contributed by atoms with Gasteiger partial charge in [-0.05, 0) is 31.0 Å². The Morgan fingerprint density at radius 2 is 1.94 bits per heavy atom. The first-order valence-electron chi connectivity index (χ1n) is 6.62. The predicted molar refractivity (Wildman–Crippen MR) is 70.3 cm³/mol. The third-order valence-corrected chi connectivity index (χ3v) is 3.65. The van der Waals surface area contributed by atoms with Crippen LogP contribution in [0.3, 0.4) is 0 Å². The molecule has 1 saturated carbocycles. The number of rotatable bonds is 2. The maximum atomic E-state index is 4.29. The van der Waals surface area contributed by atoms with Crippen molar-refractivity contribution in [3.05, 3.63) is 30.6 Å². The van der Waals surface area contributed by atoms with Gasteiger partial charge in [-0.15, -0.1) is 0 Å². The first-order chi connectivity index (χ1) is 8.43. The van der Waals surface area contributed by atoms with Gasteiger partial charge >= 0.3 is 0 Å². The van der Waals surface area contributed by atoms with Crippen LogP contribution in [0.2, 0.25) is 0 Å². The molecule has 0 aromatic carbocycles. The molecular weight excluding hydrogens is 210 g/mol. The summed E-state index contributed by atoms with van der Waals surface area (Å²) < 4.78 is 1.93. The van der Waals surface area contributed by atoms with Gasteiger partial charge in [0.2, 0.25) is 0 Å². The van der Waals surface area contributed by atoms with E-state index in [-0.39, 0.29) is 0 Å². The summed E-state index contributed by atoms with van der Waals surface area (Å²) in [6.07, 6.45) is 12.0. The van der Waals surface area contributed by atoms with E-state index in [4.69, 9.17) is 0 Å². The molecule has 0 unspecified atom stereocenters. The molecule has 17 heavy (non-hydrogen) atoms. The molecule has 0 radical (unpaired) electrons. The van der Waals surface area contributed by atoms with Crippen molar-refractivity contribution in [2.75, 3.05) is 5.32 Å². The fourth-order valence-corrected chi connectivity index (χ4v) is 2.72. The average Bonchev–Trinajstić information content (AvgIpc) is 2.69. The Balaban J connectivity index is 1.81. The largest absolute Gasteiger partial charge is 0.381 e. The third-order valence-electron chi connectivity index (χ3n) is 3.65. The maximum absolute atomic E-state index is 4.29. The summed E-state index contributed by atoms with van der Waals surface area (Å²) in [5.74, 6) is 0. The van der Waals surface area contributed by atoms with Crippen LogP contribution in [0.15, 0.2) is 30.6 Å². The minimum Gasteiger partial charge on any atom is -0.381 e. The van der Waals surface area contributed by atoms with Gasteiger partial charge in [-0.1, -0.05) is 25.7 Å². The molecule has 0 saturated heterocycles. The second-order valence-corrected chi connectivity index (χ2v) is 4.92. The summed E-state index contributed by atoms with van der Waals surface area (Å²) >= 11 is 0. The van der Waals surface area contributed by atoms with Crippen LogP contribution in [-0.4, -0.2) is 15.7 Å². The number of nitrogens with one attached hydrogen (secondary N) is 1. The third kappa shape index (κ3) is 2.28. The normalized spacial score (nSPS) is 18.1. The number of hydrogen-bond donors (Lipinski definition) is 1. The highest BCUT2D eigenvalue weighted by Gasteiger charge is 2.13. The lowest BCUT2D eigenvalue weighted by atomic mass is 10.1. The molecule has 2 aromatic heterocycles. The van der Waals surface area contributed by atoms with Crippen molar-refractivity contribution in [3.8, 4) is 0 Å². The van der Waals surface area contributed by atoms with E-state index >= 15 is 0 Å². The molecule has 1 N–H and O–H groups in total. The van der Waals surface area contributed by atoms with Crippen molar-refractivity contribution >= 4 is 11.2 Å². The summed E-state index contributed by atoms with van der Waals surface area (Å²) in [6.45, 7) is 0. The van der Waals surface area contributed by atoms with Crippen LogP contribution < -0.4 is 5.32 Å². The molecule has 0 amide bonds. The fourth-order valence-electron chi connectivity index (χ4n) is 2.72. The highest BCUT2D eigenvalue weighted by molar-refractivity contribution is 5.71. The predicted octanol–water partition coefficient (Wildman–Crippen LogP) is 3.47. The van der Waals surface area contributed by atoms with Gasteiger partial charge in [0.25, 0.3) is 0 Å². The fraction of sp³-hybridized carbons (Fsp3) is 0.500. The average molecular weight is 229 g/mol. The lowest BCUT2D eigenvalue weighted by Gasteiger charge is -2.18. The lowest BCUT2D eigenvalue weighted by molar-refractivity contribution is 0.620. The van der Waals surface area contributed by atoms with Crippen LogP contribution in [0, 0.1) is 0 Å². The van der Waals surface area contributed by atoms with Crippen LogP contribution in [0.4, 0.5) is 5.69 Å². The van der Waals surface area contributed by atoms with Gasteiger partial charge in [0.05, 0.1) is 11.2 Å². The van der Waals surface area contributed by atoms with Crippen LogP contribution in [0.5, 0.6) is 0 Å². The second-order valence-electron chi connectivity index (χ2n) is 4.92. The minimum atomic E-state index is 0.638. The zero-order chi connectivity index (χ0) is 11.5. The van der Waals surface area contributed by atoms with E-state index < -0.39 is 0 Å². The number of hydrogen-bond acceptors (Lipinski definition) is 2. The zero-order valence-corrected chi connectivity index (χ0v) is 10.1.